The van der Waals surface area contributed by atoms with Crippen molar-refractivity contribution < 1.29 is 14.0 Å². The first kappa shape index (κ1) is 20.2. The van der Waals surface area contributed by atoms with Crippen molar-refractivity contribution in [3.8, 4) is 11.3 Å². The molecule has 2 aromatic carbocycles. The van der Waals surface area contributed by atoms with Crippen LogP contribution in [0.5, 0.6) is 0 Å². The van der Waals surface area contributed by atoms with Crippen LogP contribution >= 0.6 is 0 Å². The molecule has 0 aliphatic carbocycles. The predicted octanol–water partition coefficient (Wildman–Crippen LogP) is 3.72. The maximum Gasteiger partial charge on any atom is 0.259 e. The van der Waals surface area contributed by atoms with Crippen LogP contribution < -0.4 is 9.80 Å². The third-order valence-corrected chi connectivity index (χ3v) is 6.21. The third-order valence-electron chi connectivity index (χ3n) is 6.21. The van der Waals surface area contributed by atoms with Gasteiger partial charge in [0, 0.05) is 67.4 Å². The molecule has 7 heteroatoms. The first-order valence-corrected chi connectivity index (χ1v) is 10.7. The van der Waals surface area contributed by atoms with Gasteiger partial charge in [0.15, 0.2) is 0 Å². The molecule has 2 amide bonds. The van der Waals surface area contributed by atoms with Crippen LogP contribution in [-0.4, -0.2) is 47.9 Å². The van der Waals surface area contributed by atoms with E-state index in [1.54, 1.807) is 36.2 Å². The van der Waals surface area contributed by atoms with Crippen molar-refractivity contribution in [1.82, 2.24) is 9.88 Å². The molecule has 0 N–H and O–H groups in total. The summed E-state index contributed by atoms with van der Waals surface area (Å²) in [5.74, 6) is -0.346. The maximum absolute atomic E-state index is 13.4. The SMILES string of the molecule is CC(=O)N1CCN(c2ccccc2-c2nccc3c2CN(c2ccc(F)cc2)C3=O)CC1. The summed E-state index contributed by atoms with van der Waals surface area (Å²) in [5, 5.41) is 0. The zero-order chi connectivity index (χ0) is 22.2. The number of benzene rings is 2. The van der Waals surface area contributed by atoms with E-state index in [0.29, 0.717) is 30.9 Å². The van der Waals surface area contributed by atoms with Gasteiger partial charge in [-0.25, -0.2) is 4.39 Å². The lowest BCUT2D eigenvalue weighted by molar-refractivity contribution is -0.129. The smallest absolute Gasteiger partial charge is 0.259 e. The Morgan fingerprint density at radius 2 is 1.66 bits per heavy atom. The monoisotopic (exact) mass is 430 g/mol. The fourth-order valence-electron chi connectivity index (χ4n) is 4.50. The van der Waals surface area contributed by atoms with Gasteiger partial charge in [-0.05, 0) is 36.4 Å². The van der Waals surface area contributed by atoms with Gasteiger partial charge < -0.3 is 14.7 Å². The molecule has 1 aromatic heterocycles. The molecule has 0 spiro atoms. The number of fused-ring (bicyclic) bond motifs is 1. The van der Waals surface area contributed by atoms with Crippen LogP contribution in [0.15, 0.2) is 60.8 Å². The molecule has 0 unspecified atom stereocenters. The van der Waals surface area contributed by atoms with E-state index in [0.717, 1.165) is 35.6 Å². The minimum Gasteiger partial charge on any atom is -0.367 e. The Morgan fingerprint density at radius 1 is 0.938 bits per heavy atom. The van der Waals surface area contributed by atoms with Crippen molar-refractivity contribution in [3.63, 3.8) is 0 Å². The molecule has 0 radical (unpaired) electrons. The predicted molar refractivity (Wildman–Crippen MR) is 121 cm³/mol. The number of piperazine rings is 1. The van der Waals surface area contributed by atoms with Crippen LogP contribution in [0.3, 0.4) is 0 Å². The quantitative estimate of drug-likeness (QED) is 0.636. The van der Waals surface area contributed by atoms with Gasteiger partial charge >= 0.3 is 0 Å². The average Bonchev–Trinajstić information content (AvgIpc) is 3.16. The maximum atomic E-state index is 13.4. The van der Waals surface area contributed by atoms with Gasteiger partial charge in [-0.1, -0.05) is 18.2 Å². The van der Waals surface area contributed by atoms with Crippen molar-refractivity contribution in [3.05, 3.63) is 77.7 Å². The lowest BCUT2D eigenvalue weighted by atomic mass is 10.0. The Hall–Kier alpha value is -3.74. The molecule has 0 saturated carbocycles. The first-order valence-electron chi connectivity index (χ1n) is 10.7. The van der Waals surface area contributed by atoms with Crippen LogP contribution in [-0.2, 0) is 11.3 Å². The number of carbonyl (C=O) groups is 2. The molecular weight excluding hydrogens is 407 g/mol. The van der Waals surface area contributed by atoms with Crippen molar-refractivity contribution >= 4 is 23.2 Å². The van der Waals surface area contributed by atoms with E-state index in [9.17, 15) is 14.0 Å². The van der Waals surface area contributed by atoms with Gasteiger partial charge in [-0.3, -0.25) is 14.6 Å². The normalized spacial score (nSPS) is 15.8. The number of halogens is 1. The van der Waals surface area contributed by atoms with Gasteiger partial charge in [0.05, 0.1) is 12.2 Å². The van der Waals surface area contributed by atoms with Gasteiger partial charge in [-0.15, -0.1) is 0 Å². The molecule has 3 aromatic rings. The molecule has 162 valence electrons. The summed E-state index contributed by atoms with van der Waals surface area (Å²) >= 11 is 0. The summed E-state index contributed by atoms with van der Waals surface area (Å²) in [7, 11) is 0. The number of aromatic nitrogens is 1. The zero-order valence-corrected chi connectivity index (χ0v) is 17.8. The number of amides is 2. The highest BCUT2D eigenvalue weighted by Crippen LogP contribution is 2.38. The Bertz CT molecular complexity index is 1190. The van der Waals surface area contributed by atoms with Crippen LogP contribution in [0.4, 0.5) is 15.8 Å². The number of nitrogens with zero attached hydrogens (tertiary/aromatic N) is 4. The van der Waals surface area contributed by atoms with E-state index in [1.807, 2.05) is 23.1 Å². The number of hydrogen-bond acceptors (Lipinski definition) is 4. The molecule has 6 nitrogen and oxygen atoms in total. The molecule has 2 aliphatic rings. The molecule has 0 bridgehead atoms. The zero-order valence-electron chi connectivity index (χ0n) is 17.8. The second kappa shape index (κ2) is 8.07. The number of para-hydroxylation sites is 1. The molecule has 1 fully saturated rings. The molecule has 0 atom stereocenters. The van der Waals surface area contributed by atoms with Crippen molar-refractivity contribution in [1.29, 1.82) is 0 Å². The Labute approximate surface area is 185 Å². The summed E-state index contributed by atoms with van der Waals surface area (Å²) in [6.45, 7) is 4.83. The molecule has 5 rings (SSSR count). The Balaban J connectivity index is 1.50. The molecule has 1 saturated heterocycles. The largest absolute Gasteiger partial charge is 0.367 e. The Morgan fingerprint density at radius 3 is 2.38 bits per heavy atom. The number of hydrogen-bond donors (Lipinski definition) is 0. The van der Waals surface area contributed by atoms with Crippen LogP contribution in [0, 0.1) is 5.82 Å². The van der Waals surface area contributed by atoms with E-state index in [4.69, 9.17) is 0 Å². The van der Waals surface area contributed by atoms with Crippen molar-refractivity contribution in [2.24, 2.45) is 0 Å². The fraction of sp³-hybridized carbons (Fsp3) is 0.240. The highest BCUT2D eigenvalue weighted by Gasteiger charge is 2.32. The second-order valence-corrected chi connectivity index (χ2v) is 8.06. The number of rotatable bonds is 3. The summed E-state index contributed by atoms with van der Waals surface area (Å²) < 4.78 is 13.4. The number of anilines is 2. The van der Waals surface area contributed by atoms with Crippen molar-refractivity contribution in [2.75, 3.05) is 36.0 Å². The minimum atomic E-state index is -0.334. The third kappa shape index (κ3) is 3.49. The first-order chi connectivity index (χ1) is 15.5. The molecule has 32 heavy (non-hydrogen) atoms. The Kier molecular flexibility index (Phi) is 5.09. The highest BCUT2D eigenvalue weighted by molar-refractivity contribution is 6.11. The van der Waals surface area contributed by atoms with E-state index in [2.05, 4.69) is 16.0 Å². The molecular formula is C25H23FN4O2. The van der Waals surface area contributed by atoms with E-state index in [1.165, 1.54) is 12.1 Å². The standard InChI is InChI=1S/C25H23FN4O2/c1-17(31)28-12-14-29(15-13-28)23-5-3-2-4-21(23)24-22-16-30(19-8-6-18(26)7-9-19)25(32)20(22)10-11-27-24/h2-11H,12-16H2,1H3. The molecule has 2 aliphatic heterocycles. The molecule has 3 heterocycles. The lowest BCUT2D eigenvalue weighted by Gasteiger charge is -2.36. The van der Waals surface area contributed by atoms with E-state index < -0.39 is 0 Å². The van der Waals surface area contributed by atoms with Crippen molar-refractivity contribution in [2.45, 2.75) is 13.5 Å². The van der Waals surface area contributed by atoms with Crippen LogP contribution in [0.2, 0.25) is 0 Å². The highest BCUT2D eigenvalue weighted by atomic mass is 19.1. The lowest BCUT2D eigenvalue weighted by Crippen LogP contribution is -2.48. The fourth-order valence-corrected chi connectivity index (χ4v) is 4.50. The van der Waals surface area contributed by atoms with Gasteiger partial charge in [0.25, 0.3) is 5.91 Å². The minimum absolute atomic E-state index is 0.0971. The van der Waals surface area contributed by atoms with Gasteiger partial charge in [0.2, 0.25) is 5.91 Å². The topological polar surface area (TPSA) is 56.8 Å². The number of carbonyl (C=O) groups excluding carboxylic acids is 2. The average molecular weight is 430 g/mol. The summed E-state index contributed by atoms with van der Waals surface area (Å²) in [6.07, 6.45) is 1.67. The van der Waals surface area contributed by atoms with Crippen LogP contribution in [0.1, 0.15) is 22.8 Å². The summed E-state index contributed by atoms with van der Waals surface area (Å²) in [6, 6.07) is 15.8. The second-order valence-electron chi connectivity index (χ2n) is 8.06. The summed E-state index contributed by atoms with van der Waals surface area (Å²) in [5.41, 5.74) is 4.95. The van der Waals surface area contributed by atoms with E-state index >= 15 is 0 Å². The van der Waals surface area contributed by atoms with E-state index in [-0.39, 0.29) is 17.6 Å². The summed E-state index contributed by atoms with van der Waals surface area (Å²) in [4.78, 5) is 35.3. The van der Waals surface area contributed by atoms with Crippen LogP contribution in [0.25, 0.3) is 11.3 Å². The van der Waals surface area contributed by atoms with Gasteiger partial charge in [0.1, 0.15) is 5.82 Å². The van der Waals surface area contributed by atoms with Gasteiger partial charge in [-0.2, -0.15) is 0 Å². The number of pyridine rings is 1.